The monoisotopic (exact) mass is 421 g/mol. The summed E-state index contributed by atoms with van der Waals surface area (Å²) in [6, 6.07) is 15.6. The molecule has 3 aromatic rings. The fraction of sp³-hybridized carbons (Fsp3) is 0.261. The second kappa shape index (κ2) is 8.75. The number of anilines is 1. The number of aromatic amines is 1. The first kappa shape index (κ1) is 20.2. The summed E-state index contributed by atoms with van der Waals surface area (Å²) < 4.78 is 5.49. The Bertz CT molecular complexity index is 1130. The van der Waals surface area contributed by atoms with Crippen molar-refractivity contribution in [3.8, 4) is 5.75 Å². The number of fused-ring (bicyclic) bond motifs is 1. The highest BCUT2D eigenvalue weighted by atomic mass is 32.2. The first-order valence-corrected chi connectivity index (χ1v) is 10.9. The highest BCUT2D eigenvalue weighted by Crippen LogP contribution is 2.35. The van der Waals surface area contributed by atoms with Crippen LogP contribution in [-0.2, 0) is 10.5 Å². The zero-order valence-corrected chi connectivity index (χ0v) is 17.7. The lowest BCUT2D eigenvalue weighted by Crippen LogP contribution is -2.31. The topological polar surface area (TPSA) is 84.1 Å². The number of nitrogens with one attached hydrogen (secondary N) is 2. The van der Waals surface area contributed by atoms with Crippen LogP contribution >= 0.6 is 11.8 Å². The largest absolute Gasteiger partial charge is 0.494 e. The Morgan fingerprint density at radius 3 is 2.63 bits per heavy atom. The van der Waals surface area contributed by atoms with E-state index in [0.717, 1.165) is 11.3 Å². The van der Waals surface area contributed by atoms with E-state index in [1.54, 1.807) is 0 Å². The fourth-order valence-corrected chi connectivity index (χ4v) is 4.52. The maximum atomic E-state index is 12.9. The van der Waals surface area contributed by atoms with E-state index < -0.39 is 0 Å². The third-order valence-corrected chi connectivity index (χ3v) is 6.07. The molecule has 1 amide bonds. The van der Waals surface area contributed by atoms with Crippen LogP contribution in [0.5, 0.6) is 5.75 Å². The van der Waals surface area contributed by atoms with Gasteiger partial charge in [-0.15, -0.1) is 0 Å². The highest BCUT2D eigenvalue weighted by Gasteiger charge is 2.31. The normalized spacial score (nSPS) is 15.4. The van der Waals surface area contributed by atoms with Crippen molar-refractivity contribution in [2.45, 2.75) is 37.1 Å². The van der Waals surface area contributed by atoms with Crippen LogP contribution in [0.25, 0.3) is 0 Å². The van der Waals surface area contributed by atoms with Gasteiger partial charge in [-0.3, -0.25) is 9.59 Å². The Labute approximate surface area is 179 Å². The van der Waals surface area contributed by atoms with E-state index in [1.165, 1.54) is 22.9 Å². The molecule has 0 saturated heterocycles. The number of aryl methyl sites for hydroxylation is 1. The van der Waals surface area contributed by atoms with Gasteiger partial charge in [-0.25, -0.2) is 4.98 Å². The molecule has 1 unspecified atom stereocenters. The molecule has 0 bridgehead atoms. The van der Waals surface area contributed by atoms with Crippen molar-refractivity contribution >= 4 is 23.5 Å². The number of rotatable bonds is 6. The lowest BCUT2D eigenvalue weighted by Gasteiger charge is -2.24. The Balaban J connectivity index is 1.62. The van der Waals surface area contributed by atoms with Crippen LogP contribution in [0.1, 0.15) is 41.5 Å². The first-order valence-electron chi connectivity index (χ1n) is 9.89. The van der Waals surface area contributed by atoms with E-state index in [0.29, 0.717) is 28.9 Å². The predicted molar refractivity (Wildman–Crippen MR) is 118 cm³/mol. The second-order valence-corrected chi connectivity index (χ2v) is 8.12. The summed E-state index contributed by atoms with van der Waals surface area (Å²) in [6.07, 6.45) is 0.210. The minimum Gasteiger partial charge on any atom is -0.494 e. The molecule has 0 spiro atoms. The first-order chi connectivity index (χ1) is 14.5. The fourth-order valence-electron chi connectivity index (χ4n) is 3.58. The van der Waals surface area contributed by atoms with Gasteiger partial charge in [-0.05, 0) is 42.7 Å². The number of ether oxygens (including phenoxy) is 1. The minimum atomic E-state index is -0.337. The van der Waals surface area contributed by atoms with Crippen LogP contribution in [0.3, 0.4) is 0 Å². The second-order valence-electron chi connectivity index (χ2n) is 7.16. The Hall–Kier alpha value is -3.06. The number of hydrogen-bond donors (Lipinski definition) is 2. The van der Waals surface area contributed by atoms with Crippen molar-refractivity contribution < 1.29 is 9.53 Å². The molecule has 7 heteroatoms. The number of thioether (sulfide) groups is 1. The quantitative estimate of drug-likeness (QED) is 0.459. The van der Waals surface area contributed by atoms with Crippen LogP contribution in [0.4, 0.5) is 5.82 Å². The van der Waals surface area contributed by atoms with Crippen molar-refractivity contribution in [2.24, 2.45) is 0 Å². The zero-order valence-electron chi connectivity index (χ0n) is 16.9. The van der Waals surface area contributed by atoms with Crippen molar-refractivity contribution in [1.82, 2.24) is 9.97 Å². The molecule has 2 aromatic carbocycles. The van der Waals surface area contributed by atoms with E-state index in [-0.39, 0.29) is 23.8 Å². The summed E-state index contributed by atoms with van der Waals surface area (Å²) in [7, 11) is 0. The molecule has 1 aliphatic heterocycles. The molecular formula is C23H23N3O3S. The zero-order chi connectivity index (χ0) is 21.1. The summed E-state index contributed by atoms with van der Waals surface area (Å²) in [5.74, 6) is 1.31. The van der Waals surface area contributed by atoms with Gasteiger partial charge in [0, 0.05) is 18.1 Å². The summed E-state index contributed by atoms with van der Waals surface area (Å²) in [5, 5.41) is 3.27. The van der Waals surface area contributed by atoms with E-state index >= 15 is 0 Å². The van der Waals surface area contributed by atoms with Crippen molar-refractivity contribution in [2.75, 3.05) is 11.9 Å². The third-order valence-electron chi connectivity index (χ3n) is 5.15. The maximum Gasteiger partial charge on any atom is 0.257 e. The minimum absolute atomic E-state index is 0.144. The molecule has 0 fully saturated rings. The van der Waals surface area contributed by atoms with E-state index in [1.807, 2.05) is 43.3 Å². The number of carbonyl (C=O) groups is 1. The van der Waals surface area contributed by atoms with Crippen molar-refractivity contribution in [3.05, 3.63) is 81.1 Å². The molecule has 0 radical (unpaired) electrons. The van der Waals surface area contributed by atoms with Crippen LogP contribution in [-0.4, -0.2) is 22.5 Å². The molecule has 4 rings (SSSR count). The smallest absolute Gasteiger partial charge is 0.257 e. The average Bonchev–Trinajstić information content (AvgIpc) is 2.73. The summed E-state index contributed by atoms with van der Waals surface area (Å²) in [4.78, 5) is 32.7. The standard InChI is InChI=1S/C23H23N3O3S/c1-3-29-17-10-8-15(9-11-17)18-12-19(27)24-21-20(18)22(28)26-23(25-21)30-13-16-7-5-4-6-14(16)2/h4-11,18H,3,12-13H2,1-2H3,(H2,24,25,26,27,28). The summed E-state index contributed by atoms with van der Waals surface area (Å²) >= 11 is 1.45. The highest BCUT2D eigenvalue weighted by molar-refractivity contribution is 7.98. The van der Waals surface area contributed by atoms with Gasteiger partial charge in [0.05, 0.1) is 12.2 Å². The van der Waals surface area contributed by atoms with Gasteiger partial charge in [0.15, 0.2) is 5.16 Å². The lowest BCUT2D eigenvalue weighted by molar-refractivity contribution is -0.116. The summed E-state index contributed by atoms with van der Waals surface area (Å²) in [6.45, 7) is 4.57. The Morgan fingerprint density at radius 1 is 1.13 bits per heavy atom. The number of H-pyrrole nitrogens is 1. The number of nitrogens with zero attached hydrogens (tertiary/aromatic N) is 1. The Morgan fingerprint density at radius 2 is 1.90 bits per heavy atom. The van der Waals surface area contributed by atoms with Crippen molar-refractivity contribution in [1.29, 1.82) is 0 Å². The number of carbonyl (C=O) groups excluding carboxylic acids is 1. The van der Waals surface area contributed by atoms with Crippen molar-refractivity contribution in [3.63, 3.8) is 0 Å². The van der Waals surface area contributed by atoms with Gasteiger partial charge in [0.1, 0.15) is 11.6 Å². The molecule has 30 heavy (non-hydrogen) atoms. The van der Waals surface area contributed by atoms with E-state index in [9.17, 15) is 9.59 Å². The molecule has 0 aliphatic carbocycles. The number of amides is 1. The van der Waals surface area contributed by atoms with E-state index in [4.69, 9.17) is 4.74 Å². The third kappa shape index (κ3) is 4.26. The van der Waals surface area contributed by atoms with Gasteiger partial charge in [0.25, 0.3) is 5.56 Å². The van der Waals surface area contributed by atoms with Crippen LogP contribution in [0.15, 0.2) is 58.5 Å². The summed E-state index contributed by atoms with van der Waals surface area (Å²) in [5.41, 5.74) is 3.54. The van der Waals surface area contributed by atoms with Crippen LogP contribution in [0.2, 0.25) is 0 Å². The predicted octanol–water partition coefficient (Wildman–Crippen LogP) is 4.24. The average molecular weight is 422 g/mol. The molecule has 2 heterocycles. The molecule has 1 aromatic heterocycles. The van der Waals surface area contributed by atoms with Crippen LogP contribution in [0, 0.1) is 6.92 Å². The molecular weight excluding hydrogens is 398 g/mol. The van der Waals surface area contributed by atoms with Crippen LogP contribution < -0.4 is 15.6 Å². The van der Waals surface area contributed by atoms with E-state index in [2.05, 4.69) is 34.3 Å². The number of hydrogen-bond acceptors (Lipinski definition) is 5. The molecule has 1 aliphatic rings. The van der Waals surface area contributed by atoms with Gasteiger partial charge in [-0.2, -0.15) is 0 Å². The molecule has 1 atom stereocenters. The lowest BCUT2D eigenvalue weighted by atomic mass is 9.87. The van der Waals surface area contributed by atoms with Gasteiger partial charge in [-0.1, -0.05) is 48.2 Å². The molecule has 0 saturated carbocycles. The number of benzene rings is 2. The molecule has 2 N–H and O–H groups in total. The van der Waals surface area contributed by atoms with Gasteiger partial charge in [0.2, 0.25) is 5.91 Å². The number of aromatic nitrogens is 2. The molecule has 6 nitrogen and oxygen atoms in total. The SMILES string of the molecule is CCOc1ccc(C2CC(=O)Nc3nc(SCc4ccccc4C)[nH]c(=O)c32)cc1. The molecule has 154 valence electrons. The Kier molecular flexibility index (Phi) is 5.90. The maximum absolute atomic E-state index is 12.9. The van der Waals surface area contributed by atoms with Gasteiger partial charge >= 0.3 is 0 Å². The van der Waals surface area contributed by atoms with Gasteiger partial charge < -0.3 is 15.0 Å².